The number of rotatable bonds is 4. The number of benzene rings is 1. The molecule has 1 aromatic rings. The molecule has 5 heteroatoms. The van der Waals surface area contributed by atoms with Crippen LogP contribution in [0.4, 0.5) is 5.69 Å². The van der Waals surface area contributed by atoms with Gasteiger partial charge in [-0.3, -0.25) is 0 Å². The summed E-state index contributed by atoms with van der Waals surface area (Å²) in [6.07, 6.45) is 4.91. The third-order valence-electron chi connectivity index (χ3n) is 3.58. The van der Waals surface area contributed by atoms with Gasteiger partial charge >= 0.3 is 0 Å². The van der Waals surface area contributed by atoms with Crippen LogP contribution >= 0.6 is 0 Å². The van der Waals surface area contributed by atoms with Gasteiger partial charge in [0, 0.05) is 25.9 Å². The number of hydrogen-bond acceptors (Lipinski definition) is 4. The minimum atomic E-state index is -3.18. The zero-order valence-electron chi connectivity index (χ0n) is 11.6. The van der Waals surface area contributed by atoms with Gasteiger partial charge in [-0.15, -0.1) is 0 Å². The Morgan fingerprint density at radius 2 is 2.05 bits per heavy atom. The Balaban J connectivity index is 2.16. The van der Waals surface area contributed by atoms with E-state index in [9.17, 15) is 8.42 Å². The summed E-state index contributed by atoms with van der Waals surface area (Å²) in [5.41, 5.74) is 0.789. The van der Waals surface area contributed by atoms with Crippen LogP contribution in [0.3, 0.4) is 0 Å². The summed E-state index contributed by atoms with van der Waals surface area (Å²) in [7, 11) is -1.22. The van der Waals surface area contributed by atoms with Crippen molar-refractivity contribution in [3.05, 3.63) is 24.3 Å². The first-order valence-corrected chi connectivity index (χ1v) is 8.61. The molecule has 0 aromatic heterocycles. The molecule has 0 saturated carbocycles. The van der Waals surface area contributed by atoms with Gasteiger partial charge in [0.1, 0.15) is 0 Å². The number of para-hydroxylation sites is 1. The summed E-state index contributed by atoms with van der Waals surface area (Å²) in [5, 5.41) is 3.49. The minimum absolute atomic E-state index is 0.410. The lowest BCUT2D eigenvalue weighted by molar-refractivity contribution is 0.403. The van der Waals surface area contributed by atoms with Gasteiger partial charge in [-0.05, 0) is 31.5 Å². The van der Waals surface area contributed by atoms with E-state index in [-0.39, 0.29) is 0 Å². The van der Waals surface area contributed by atoms with E-state index in [4.69, 9.17) is 0 Å². The summed E-state index contributed by atoms with van der Waals surface area (Å²) in [4.78, 5) is 2.45. The largest absolute Gasteiger partial charge is 0.372 e. The van der Waals surface area contributed by atoms with Crippen LogP contribution in [-0.2, 0) is 9.84 Å². The minimum Gasteiger partial charge on any atom is -0.372 e. The van der Waals surface area contributed by atoms with Gasteiger partial charge < -0.3 is 10.2 Å². The molecule has 19 heavy (non-hydrogen) atoms. The van der Waals surface area contributed by atoms with Crippen LogP contribution in [0.1, 0.15) is 19.3 Å². The van der Waals surface area contributed by atoms with Crippen molar-refractivity contribution in [1.82, 2.24) is 5.32 Å². The quantitative estimate of drug-likeness (QED) is 0.912. The number of hydrogen-bond donors (Lipinski definition) is 1. The van der Waals surface area contributed by atoms with Crippen molar-refractivity contribution in [2.45, 2.75) is 30.2 Å². The Labute approximate surface area is 115 Å². The normalized spacial score (nSPS) is 20.2. The van der Waals surface area contributed by atoms with Gasteiger partial charge in [0.25, 0.3) is 0 Å². The summed E-state index contributed by atoms with van der Waals surface area (Å²) >= 11 is 0. The van der Waals surface area contributed by atoms with Crippen LogP contribution in [0.2, 0.25) is 0 Å². The highest BCUT2D eigenvalue weighted by molar-refractivity contribution is 7.90. The van der Waals surface area contributed by atoms with E-state index < -0.39 is 9.84 Å². The van der Waals surface area contributed by atoms with Crippen molar-refractivity contribution in [2.24, 2.45) is 0 Å². The van der Waals surface area contributed by atoms with Crippen molar-refractivity contribution in [3.8, 4) is 0 Å². The molecule has 1 aromatic carbocycles. The van der Waals surface area contributed by atoms with Gasteiger partial charge in [-0.1, -0.05) is 18.6 Å². The fourth-order valence-electron chi connectivity index (χ4n) is 2.59. The molecule has 1 atom stereocenters. The fourth-order valence-corrected chi connectivity index (χ4v) is 3.52. The number of piperidine rings is 1. The molecule has 1 unspecified atom stereocenters. The molecule has 4 nitrogen and oxygen atoms in total. The maximum Gasteiger partial charge on any atom is 0.177 e. The summed E-state index contributed by atoms with van der Waals surface area (Å²) in [6, 6.07) is 7.65. The average molecular weight is 282 g/mol. The monoisotopic (exact) mass is 282 g/mol. The number of sulfone groups is 1. The van der Waals surface area contributed by atoms with E-state index in [1.165, 1.54) is 19.1 Å². The second-order valence-electron chi connectivity index (χ2n) is 5.27. The first-order valence-electron chi connectivity index (χ1n) is 6.72. The summed E-state index contributed by atoms with van der Waals surface area (Å²) < 4.78 is 23.6. The molecule has 1 saturated heterocycles. The molecule has 1 heterocycles. The first-order chi connectivity index (χ1) is 8.98. The molecule has 0 aliphatic carbocycles. The Hall–Kier alpha value is -1.07. The van der Waals surface area contributed by atoms with Gasteiger partial charge in [-0.25, -0.2) is 8.42 Å². The molecule has 1 aliphatic heterocycles. The first kappa shape index (κ1) is 14.3. The molecule has 106 valence electrons. The zero-order chi connectivity index (χ0) is 13.9. The maximum absolute atomic E-state index is 11.8. The van der Waals surface area contributed by atoms with E-state index in [1.807, 2.05) is 24.1 Å². The van der Waals surface area contributed by atoms with E-state index in [0.717, 1.165) is 25.2 Å². The smallest absolute Gasteiger partial charge is 0.177 e. The maximum atomic E-state index is 11.8. The fraction of sp³-hybridized carbons (Fsp3) is 0.571. The van der Waals surface area contributed by atoms with Crippen molar-refractivity contribution in [2.75, 3.05) is 31.3 Å². The molecule has 0 spiro atoms. The van der Waals surface area contributed by atoms with Crippen LogP contribution < -0.4 is 10.2 Å². The molecule has 1 aliphatic rings. The highest BCUT2D eigenvalue weighted by Crippen LogP contribution is 2.24. The summed E-state index contributed by atoms with van der Waals surface area (Å²) in [6.45, 7) is 1.90. The SMILES string of the molecule is CN(CC1CCCCN1)c1ccccc1S(C)(=O)=O. The lowest BCUT2D eigenvalue weighted by Gasteiger charge is -2.30. The molecular weight excluding hydrogens is 260 g/mol. The van der Waals surface area contributed by atoms with E-state index in [2.05, 4.69) is 5.32 Å². The van der Waals surface area contributed by atoms with Gasteiger partial charge in [-0.2, -0.15) is 0 Å². The predicted octanol–water partition coefficient (Wildman–Crippen LogP) is 1.67. The highest BCUT2D eigenvalue weighted by Gasteiger charge is 2.19. The van der Waals surface area contributed by atoms with E-state index >= 15 is 0 Å². The third kappa shape index (κ3) is 3.70. The van der Waals surface area contributed by atoms with Crippen molar-refractivity contribution < 1.29 is 8.42 Å². The standard InChI is InChI=1S/C14H22N2O2S/c1-16(11-12-7-5-6-10-15-12)13-8-3-4-9-14(13)19(2,17)18/h3-4,8-9,12,15H,5-7,10-11H2,1-2H3. The van der Waals surface area contributed by atoms with Crippen LogP contribution in [0.25, 0.3) is 0 Å². The molecule has 0 bridgehead atoms. The Kier molecular flexibility index (Phi) is 4.47. The molecule has 0 radical (unpaired) electrons. The van der Waals surface area contributed by atoms with Crippen LogP contribution in [0.5, 0.6) is 0 Å². The van der Waals surface area contributed by atoms with E-state index in [0.29, 0.717) is 10.9 Å². The number of nitrogens with one attached hydrogen (secondary N) is 1. The lowest BCUT2D eigenvalue weighted by atomic mass is 10.0. The van der Waals surface area contributed by atoms with Crippen molar-refractivity contribution in [3.63, 3.8) is 0 Å². The van der Waals surface area contributed by atoms with Crippen molar-refractivity contribution in [1.29, 1.82) is 0 Å². The molecule has 0 amide bonds. The topological polar surface area (TPSA) is 49.4 Å². The second-order valence-corrected chi connectivity index (χ2v) is 7.25. The Bertz CT molecular complexity index is 522. The van der Waals surface area contributed by atoms with Crippen LogP contribution in [0.15, 0.2) is 29.2 Å². The summed E-state index contributed by atoms with van der Waals surface area (Å²) in [5.74, 6) is 0. The molecular formula is C14H22N2O2S. The zero-order valence-corrected chi connectivity index (χ0v) is 12.4. The number of nitrogens with zero attached hydrogens (tertiary/aromatic N) is 1. The third-order valence-corrected chi connectivity index (χ3v) is 4.73. The van der Waals surface area contributed by atoms with Crippen molar-refractivity contribution >= 4 is 15.5 Å². The van der Waals surface area contributed by atoms with Gasteiger partial charge in [0.15, 0.2) is 9.84 Å². The second kappa shape index (κ2) is 5.92. The Morgan fingerprint density at radius 1 is 1.32 bits per heavy atom. The average Bonchev–Trinajstić information content (AvgIpc) is 2.39. The Morgan fingerprint density at radius 3 is 2.68 bits per heavy atom. The lowest BCUT2D eigenvalue weighted by Crippen LogP contribution is -2.42. The van der Waals surface area contributed by atoms with Crippen LogP contribution in [-0.4, -0.2) is 40.9 Å². The van der Waals surface area contributed by atoms with Gasteiger partial charge in [0.05, 0.1) is 10.6 Å². The highest BCUT2D eigenvalue weighted by atomic mass is 32.2. The molecule has 2 rings (SSSR count). The molecule has 1 N–H and O–H groups in total. The number of likely N-dealkylation sites (N-methyl/N-ethyl adjacent to an activating group) is 1. The number of anilines is 1. The van der Waals surface area contributed by atoms with Crippen LogP contribution in [0, 0.1) is 0 Å². The van der Waals surface area contributed by atoms with Gasteiger partial charge in [0.2, 0.25) is 0 Å². The molecule has 1 fully saturated rings. The predicted molar refractivity (Wildman–Crippen MR) is 78.5 cm³/mol. The van der Waals surface area contributed by atoms with E-state index in [1.54, 1.807) is 12.1 Å².